The summed E-state index contributed by atoms with van der Waals surface area (Å²) in [6.07, 6.45) is 1.23. The van der Waals surface area contributed by atoms with E-state index in [0.29, 0.717) is 18.8 Å². The third-order valence-electron chi connectivity index (χ3n) is 3.29. The summed E-state index contributed by atoms with van der Waals surface area (Å²) < 4.78 is 5.42. The number of aromatic nitrogens is 1. The Morgan fingerprint density at radius 1 is 1.62 bits per heavy atom. The minimum absolute atomic E-state index is 0.0428. The number of nitrogens with zero attached hydrogens (tertiary/aromatic N) is 2. The summed E-state index contributed by atoms with van der Waals surface area (Å²) in [4.78, 5) is 18.3. The quantitative estimate of drug-likeness (QED) is 0.724. The van der Waals surface area contributed by atoms with Crippen LogP contribution in [-0.2, 0) is 4.74 Å². The van der Waals surface area contributed by atoms with Crippen molar-refractivity contribution in [1.29, 1.82) is 0 Å². The number of hydrogen-bond donors (Lipinski definition) is 2. The number of ether oxygens (including phenoxy) is 1. The van der Waals surface area contributed by atoms with Gasteiger partial charge in [0.15, 0.2) is 0 Å². The van der Waals surface area contributed by atoms with Gasteiger partial charge in [-0.05, 0) is 19.1 Å². The lowest BCUT2D eigenvalue weighted by molar-refractivity contribution is -0.0668. The molecule has 1 aliphatic rings. The number of carbonyl (C=O) groups excluding carboxylic acids is 1. The summed E-state index contributed by atoms with van der Waals surface area (Å²) in [5.41, 5.74) is 6.39. The van der Waals surface area contributed by atoms with Gasteiger partial charge in [-0.25, -0.2) is 4.98 Å². The monoisotopic (exact) mass is 289 g/mol. The average Bonchev–Trinajstić information content (AvgIpc) is 2.53. The maximum Gasteiger partial charge on any atom is 0.272 e. The number of nitrogens with two attached hydrogens (primary N) is 1. The third-order valence-corrected chi connectivity index (χ3v) is 3.29. The van der Waals surface area contributed by atoms with Crippen LogP contribution in [0.2, 0.25) is 0 Å². The first-order valence-electron chi connectivity index (χ1n) is 6.84. The molecule has 0 aliphatic carbocycles. The molecule has 1 aromatic rings. The van der Waals surface area contributed by atoms with E-state index in [0.717, 1.165) is 5.56 Å². The van der Waals surface area contributed by atoms with Crippen molar-refractivity contribution in [2.75, 3.05) is 26.3 Å². The summed E-state index contributed by atoms with van der Waals surface area (Å²) in [6, 6.07) is 3.36. The van der Waals surface area contributed by atoms with Crippen LogP contribution < -0.4 is 5.73 Å². The molecule has 112 valence electrons. The zero-order chi connectivity index (χ0) is 15.2. The van der Waals surface area contributed by atoms with E-state index >= 15 is 0 Å². The summed E-state index contributed by atoms with van der Waals surface area (Å²) in [5, 5.41) is 9.16. The number of aliphatic hydroxyl groups is 1. The fourth-order valence-electron chi connectivity index (χ4n) is 2.11. The van der Waals surface area contributed by atoms with Gasteiger partial charge in [0.2, 0.25) is 0 Å². The average molecular weight is 289 g/mol. The molecule has 2 rings (SSSR count). The van der Waals surface area contributed by atoms with Crippen LogP contribution in [0, 0.1) is 11.8 Å². The lowest BCUT2D eigenvalue weighted by Crippen LogP contribution is -2.52. The summed E-state index contributed by atoms with van der Waals surface area (Å²) >= 11 is 0. The molecule has 0 saturated carbocycles. The van der Waals surface area contributed by atoms with Crippen LogP contribution in [-0.4, -0.2) is 59.3 Å². The Kier molecular flexibility index (Phi) is 5.28. The maximum atomic E-state index is 12.5. The third kappa shape index (κ3) is 3.79. The second kappa shape index (κ2) is 7.18. The van der Waals surface area contributed by atoms with Crippen molar-refractivity contribution in [3.05, 3.63) is 29.6 Å². The smallest absolute Gasteiger partial charge is 0.272 e. The van der Waals surface area contributed by atoms with E-state index in [2.05, 4.69) is 16.8 Å². The largest absolute Gasteiger partial charge is 0.394 e. The number of morpholine rings is 1. The number of amides is 1. The Hall–Kier alpha value is -1.94. The first-order chi connectivity index (χ1) is 10.2. The molecule has 2 atom stereocenters. The highest BCUT2D eigenvalue weighted by Gasteiger charge is 2.30. The maximum absolute atomic E-state index is 12.5. The number of aliphatic hydroxyl groups excluding tert-OH is 1. The van der Waals surface area contributed by atoms with E-state index in [1.807, 2.05) is 6.92 Å². The van der Waals surface area contributed by atoms with Crippen LogP contribution in [0.25, 0.3) is 0 Å². The molecule has 6 heteroatoms. The topological polar surface area (TPSA) is 88.7 Å². The summed E-state index contributed by atoms with van der Waals surface area (Å²) in [5.74, 6) is 5.43. The molecule has 1 aromatic heterocycles. The highest BCUT2D eigenvalue weighted by atomic mass is 16.5. The van der Waals surface area contributed by atoms with Crippen molar-refractivity contribution in [2.45, 2.75) is 19.1 Å². The molecule has 0 spiro atoms. The Labute approximate surface area is 123 Å². The zero-order valence-corrected chi connectivity index (χ0v) is 12.0. The molecular formula is C15H19N3O3. The molecule has 6 nitrogen and oxygen atoms in total. The Morgan fingerprint density at radius 2 is 2.43 bits per heavy atom. The standard InChI is InChI=1S/C15H19N3O3/c1-11-10-21-13(9-19)8-18(11)15(20)14-5-4-12(7-17-14)3-2-6-16/h4-5,7,11,13,19H,6,8-10,16H2,1H3. The number of pyridine rings is 1. The summed E-state index contributed by atoms with van der Waals surface area (Å²) in [6.45, 7) is 2.88. The van der Waals surface area contributed by atoms with Gasteiger partial charge in [-0.3, -0.25) is 4.79 Å². The molecule has 3 N–H and O–H groups in total. The van der Waals surface area contributed by atoms with Crippen molar-refractivity contribution in [3.8, 4) is 11.8 Å². The molecule has 0 aromatic carbocycles. The van der Waals surface area contributed by atoms with E-state index in [4.69, 9.17) is 15.6 Å². The Morgan fingerprint density at radius 3 is 3.05 bits per heavy atom. The minimum Gasteiger partial charge on any atom is -0.394 e. The number of carbonyl (C=O) groups is 1. The SMILES string of the molecule is CC1COC(CO)CN1C(=O)c1ccc(C#CCN)cn1. The van der Waals surface area contributed by atoms with Gasteiger partial charge in [0.25, 0.3) is 5.91 Å². The molecule has 0 radical (unpaired) electrons. The normalized spacial score (nSPS) is 21.6. The van der Waals surface area contributed by atoms with Gasteiger partial charge in [0, 0.05) is 18.3 Å². The van der Waals surface area contributed by atoms with Gasteiger partial charge in [0.1, 0.15) is 5.69 Å². The van der Waals surface area contributed by atoms with Gasteiger partial charge >= 0.3 is 0 Å². The fraction of sp³-hybridized carbons (Fsp3) is 0.467. The lowest BCUT2D eigenvalue weighted by atomic mass is 10.1. The van der Waals surface area contributed by atoms with Crippen molar-refractivity contribution >= 4 is 5.91 Å². The van der Waals surface area contributed by atoms with Crippen molar-refractivity contribution < 1.29 is 14.6 Å². The fourth-order valence-corrected chi connectivity index (χ4v) is 2.11. The Balaban J connectivity index is 2.11. The van der Waals surface area contributed by atoms with Gasteiger partial charge in [-0.2, -0.15) is 0 Å². The van der Waals surface area contributed by atoms with Crippen LogP contribution in [0.3, 0.4) is 0 Å². The van der Waals surface area contributed by atoms with E-state index in [9.17, 15) is 4.79 Å². The van der Waals surface area contributed by atoms with Gasteiger partial charge < -0.3 is 20.5 Å². The minimum atomic E-state index is -0.333. The highest BCUT2D eigenvalue weighted by Crippen LogP contribution is 2.14. The highest BCUT2D eigenvalue weighted by molar-refractivity contribution is 5.92. The predicted octanol–water partition coefficient (Wildman–Crippen LogP) is -0.386. The zero-order valence-electron chi connectivity index (χ0n) is 12.0. The van der Waals surface area contributed by atoms with Crippen LogP contribution in [0.15, 0.2) is 18.3 Å². The van der Waals surface area contributed by atoms with E-state index in [1.54, 1.807) is 23.2 Å². The van der Waals surface area contributed by atoms with E-state index in [1.165, 1.54) is 0 Å². The second-order valence-electron chi connectivity index (χ2n) is 4.88. The summed E-state index contributed by atoms with van der Waals surface area (Å²) in [7, 11) is 0. The van der Waals surface area contributed by atoms with Crippen LogP contribution in [0.4, 0.5) is 0 Å². The Bertz CT molecular complexity index is 548. The van der Waals surface area contributed by atoms with Crippen molar-refractivity contribution in [1.82, 2.24) is 9.88 Å². The first-order valence-corrected chi connectivity index (χ1v) is 6.84. The number of rotatable bonds is 2. The van der Waals surface area contributed by atoms with Crippen LogP contribution in [0.1, 0.15) is 23.0 Å². The van der Waals surface area contributed by atoms with E-state index in [-0.39, 0.29) is 31.2 Å². The molecule has 1 aliphatic heterocycles. The van der Waals surface area contributed by atoms with Crippen molar-refractivity contribution in [3.63, 3.8) is 0 Å². The number of hydrogen-bond acceptors (Lipinski definition) is 5. The lowest BCUT2D eigenvalue weighted by Gasteiger charge is -2.37. The predicted molar refractivity (Wildman–Crippen MR) is 77.5 cm³/mol. The van der Waals surface area contributed by atoms with E-state index < -0.39 is 0 Å². The second-order valence-corrected chi connectivity index (χ2v) is 4.88. The van der Waals surface area contributed by atoms with Gasteiger partial charge in [-0.1, -0.05) is 11.8 Å². The molecule has 2 unspecified atom stereocenters. The molecular weight excluding hydrogens is 270 g/mol. The molecule has 1 saturated heterocycles. The first kappa shape index (κ1) is 15.4. The molecule has 1 fully saturated rings. The van der Waals surface area contributed by atoms with Crippen molar-refractivity contribution in [2.24, 2.45) is 5.73 Å². The molecule has 21 heavy (non-hydrogen) atoms. The molecule has 1 amide bonds. The van der Waals surface area contributed by atoms with Crippen LogP contribution in [0.5, 0.6) is 0 Å². The van der Waals surface area contributed by atoms with Gasteiger partial charge in [0.05, 0.1) is 31.9 Å². The van der Waals surface area contributed by atoms with Crippen LogP contribution >= 0.6 is 0 Å². The molecule has 2 heterocycles. The molecule has 0 bridgehead atoms. The van der Waals surface area contributed by atoms with Gasteiger partial charge in [-0.15, -0.1) is 0 Å².